The molecule has 2 aromatic rings. The van der Waals surface area contributed by atoms with E-state index in [0.29, 0.717) is 12.1 Å². The minimum atomic E-state index is -3.70. The SMILES string of the molecule is CS(=O)(=O)N(CC(=O)O)CC1CN(C(=O)c2ccc3cc[nH]c3c2)CCO1. The third-order valence-electron chi connectivity index (χ3n) is 4.42. The second-order valence-corrected chi connectivity index (χ2v) is 8.46. The average molecular weight is 395 g/mol. The number of fused-ring (bicyclic) bond motifs is 1. The lowest BCUT2D eigenvalue weighted by atomic mass is 10.1. The highest BCUT2D eigenvalue weighted by Crippen LogP contribution is 2.17. The molecule has 0 radical (unpaired) electrons. The van der Waals surface area contributed by atoms with Gasteiger partial charge >= 0.3 is 5.97 Å². The number of hydrogen-bond acceptors (Lipinski definition) is 5. The summed E-state index contributed by atoms with van der Waals surface area (Å²) in [5, 5.41) is 9.92. The molecule has 1 aliphatic rings. The molecule has 1 saturated heterocycles. The van der Waals surface area contributed by atoms with E-state index in [4.69, 9.17) is 9.84 Å². The van der Waals surface area contributed by atoms with Crippen molar-refractivity contribution in [1.82, 2.24) is 14.2 Å². The van der Waals surface area contributed by atoms with Crippen LogP contribution in [-0.2, 0) is 19.6 Å². The second-order valence-electron chi connectivity index (χ2n) is 6.47. The summed E-state index contributed by atoms with van der Waals surface area (Å²) in [7, 11) is -3.70. The van der Waals surface area contributed by atoms with E-state index in [-0.39, 0.29) is 25.6 Å². The Bertz CT molecular complexity index is 954. The first-order chi connectivity index (χ1) is 12.7. The highest BCUT2D eigenvalue weighted by atomic mass is 32.2. The van der Waals surface area contributed by atoms with Gasteiger partial charge in [0.1, 0.15) is 6.54 Å². The maximum absolute atomic E-state index is 12.8. The van der Waals surface area contributed by atoms with Crippen LogP contribution in [0.15, 0.2) is 30.5 Å². The summed E-state index contributed by atoms with van der Waals surface area (Å²) < 4.78 is 30.0. The van der Waals surface area contributed by atoms with E-state index in [1.807, 2.05) is 12.1 Å². The van der Waals surface area contributed by atoms with Crippen molar-refractivity contribution in [3.05, 3.63) is 36.0 Å². The zero-order chi connectivity index (χ0) is 19.6. The fourth-order valence-electron chi connectivity index (χ4n) is 3.07. The van der Waals surface area contributed by atoms with Crippen molar-refractivity contribution in [3.8, 4) is 0 Å². The molecule has 1 aromatic heterocycles. The van der Waals surface area contributed by atoms with Gasteiger partial charge in [0.15, 0.2) is 0 Å². The Balaban J connectivity index is 1.71. The molecular weight excluding hydrogens is 374 g/mol. The maximum Gasteiger partial charge on any atom is 0.318 e. The summed E-state index contributed by atoms with van der Waals surface area (Å²) in [5.74, 6) is -1.42. The Kier molecular flexibility index (Phi) is 5.49. The minimum Gasteiger partial charge on any atom is -0.480 e. The number of benzene rings is 1. The monoisotopic (exact) mass is 395 g/mol. The van der Waals surface area contributed by atoms with Crippen LogP contribution in [0.2, 0.25) is 0 Å². The van der Waals surface area contributed by atoms with E-state index in [9.17, 15) is 18.0 Å². The molecule has 3 rings (SSSR count). The number of H-pyrrole nitrogens is 1. The van der Waals surface area contributed by atoms with Gasteiger partial charge < -0.3 is 19.7 Å². The average Bonchev–Trinajstić information content (AvgIpc) is 3.07. The summed E-state index contributed by atoms with van der Waals surface area (Å²) in [6, 6.07) is 7.29. The minimum absolute atomic E-state index is 0.120. The molecule has 1 atom stereocenters. The van der Waals surface area contributed by atoms with Crippen molar-refractivity contribution in [2.24, 2.45) is 0 Å². The predicted octanol–water partition coefficient (Wildman–Crippen LogP) is 0.355. The molecule has 2 N–H and O–H groups in total. The van der Waals surface area contributed by atoms with Crippen LogP contribution in [0.25, 0.3) is 10.9 Å². The van der Waals surface area contributed by atoms with Crippen LogP contribution < -0.4 is 0 Å². The molecule has 1 unspecified atom stereocenters. The largest absolute Gasteiger partial charge is 0.480 e. The zero-order valence-corrected chi connectivity index (χ0v) is 15.6. The number of aromatic amines is 1. The molecule has 10 heteroatoms. The third-order valence-corrected chi connectivity index (χ3v) is 5.63. The Labute approximate surface area is 156 Å². The number of sulfonamides is 1. The van der Waals surface area contributed by atoms with E-state index in [0.717, 1.165) is 21.5 Å². The number of morpholine rings is 1. The van der Waals surface area contributed by atoms with E-state index in [1.165, 1.54) is 0 Å². The first kappa shape index (κ1) is 19.3. The molecule has 1 aliphatic heterocycles. The number of amides is 1. The number of nitrogens with one attached hydrogen (secondary N) is 1. The van der Waals surface area contributed by atoms with Gasteiger partial charge in [-0.05, 0) is 23.6 Å². The lowest BCUT2D eigenvalue weighted by molar-refractivity contribution is -0.137. The number of carboxylic acid groups (broad SMARTS) is 1. The highest BCUT2D eigenvalue weighted by molar-refractivity contribution is 7.88. The van der Waals surface area contributed by atoms with Gasteiger partial charge in [-0.25, -0.2) is 8.42 Å². The number of aliphatic carboxylic acids is 1. The number of rotatable bonds is 6. The Morgan fingerprint density at radius 2 is 2.15 bits per heavy atom. The Morgan fingerprint density at radius 1 is 1.37 bits per heavy atom. The quantitative estimate of drug-likeness (QED) is 0.729. The normalized spacial score (nSPS) is 18.1. The topological polar surface area (TPSA) is 120 Å². The summed E-state index contributed by atoms with van der Waals surface area (Å²) in [5.41, 5.74) is 1.38. The second kappa shape index (κ2) is 7.67. The van der Waals surface area contributed by atoms with E-state index in [1.54, 1.807) is 23.2 Å². The van der Waals surface area contributed by atoms with E-state index >= 15 is 0 Å². The van der Waals surface area contributed by atoms with Crippen molar-refractivity contribution in [2.45, 2.75) is 6.10 Å². The number of carboxylic acids is 1. The van der Waals surface area contributed by atoms with Gasteiger partial charge in [-0.2, -0.15) is 4.31 Å². The molecular formula is C17H21N3O6S. The molecule has 2 heterocycles. The van der Waals surface area contributed by atoms with Crippen molar-refractivity contribution < 1.29 is 27.9 Å². The highest BCUT2D eigenvalue weighted by Gasteiger charge is 2.30. The molecule has 146 valence electrons. The number of nitrogens with zero attached hydrogens (tertiary/aromatic N) is 2. The van der Waals surface area contributed by atoms with E-state index < -0.39 is 28.6 Å². The smallest absolute Gasteiger partial charge is 0.318 e. The van der Waals surface area contributed by atoms with Gasteiger partial charge in [0.25, 0.3) is 5.91 Å². The molecule has 1 aromatic carbocycles. The summed E-state index contributed by atoms with van der Waals surface area (Å²) in [4.78, 5) is 28.4. The van der Waals surface area contributed by atoms with Gasteiger partial charge in [-0.3, -0.25) is 9.59 Å². The molecule has 1 amide bonds. The number of carbonyl (C=O) groups excluding carboxylic acids is 1. The third kappa shape index (κ3) is 4.65. The van der Waals surface area contributed by atoms with Gasteiger partial charge in [-0.1, -0.05) is 6.07 Å². The van der Waals surface area contributed by atoms with Gasteiger partial charge in [-0.15, -0.1) is 0 Å². The van der Waals surface area contributed by atoms with E-state index in [2.05, 4.69) is 4.98 Å². The molecule has 0 saturated carbocycles. The van der Waals surface area contributed by atoms with Crippen LogP contribution in [0, 0.1) is 0 Å². The molecule has 9 nitrogen and oxygen atoms in total. The molecule has 0 bridgehead atoms. The molecule has 0 spiro atoms. The number of hydrogen-bond donors (Lipinski definition) is 2. The number of ether oxygens (including phenoxy) is 1. The van der Waals surface area contributed by atoms with Gasteiger partial charge in [0.05, 0.1) is 19.0 Å². The number of aromatic nitrogens is 1. The Morgan fingerprint density at radius 3 is 2.85 bits per heavy atom. The van der Waals surface area contributed by atoms with Gasteiger partial charge in [0, 0.05) is 36.9 Å². The first-order valence-corrected chi connectivity index (χ1v) is 10.2. The summed E-state index contributed by atoms with van der Waals surface area (Å²) >= 11 is 0. The molecule has 27 heavy (non-hydrogen) atoms. The standard InChI is InChI=1S/C17H21N3O6S/c1-27(24,25)20(11-16(21)22)10-14-9-19(6-7-26-14)17(23)13-3-2-12-4-5-18-15(12)8-13/h2-5,8,14,18H,6-7,9-11H2,1H3,(H,21,22). The van der Waals surface area contributed by atoms with Crippen LogP contribution in [0.3, 0.4) is 0 Å². The molecule has 0 aliphatic carbocycles. The van der Waals surface area contributed by atoms with Crippen molar-refractivity contribution in [1.29, 1.82) is 0 Å². The molecule has 1 fully saturated rings. The predicted molar refractivity (Wildman–Crippen MR) is 98.0 cm³/mol. The lowest BCUT2D eigenvalue weighted by Crippen LogP contribution is -2.51. The van der Waals surface area contributed by atoms with Crippen molar-refractivity contribution >= 4 is 32.8 Å². The zero-order valence-electron chi connectivity index (χ0n) is 14.8. The van der Waals surface area contributed by atoms with Crippen LogP contribution in [0.5, 0.6) is 0 Å². The van der Waals surface area contributed by atoms with Crippen molar-refractivity contribution in [3.63, 3.8) is 0 Å². The summed E-state index contributed by atoms with van der Waals surface area (Å²) in [6.07, 6.45) is 2.16. The fourth-order valence-corrected chi connectivity index (χ4v) is 3.85. The summed E-state index contributed by atoms with van der Waals surface area (Å²) in [6.45, 7) is 0.0652. The fraction of sp³-hybridized carbons (Fsp3) is 0.412. The van der Waals surface area contributed by atoms with Crippen LogP contribution in [0.1, 0.15) is 10.4 Å². The van der Waals surface area contributed by atoms with Crippen molar-refractivity contribution in [2.75, 3.05) is 39.0 Å². The van der Waals surface area contributed by atoms with Crippen LogP contribution in [0.4, 0.5) is 0 Å². The van der Waals surface area contributed by atoms with Gasteiger partial charge in [0.2, 0.25) is 10.0 Å². The first-order valence-electron chi connectivity index (χ1n) is 8.39. The van der Waals surface area contributed by atoms with Crippen LogP contribution >= 0.6 is 0 Å². The lowest BCUT2D eigenvalue weighted by Gasteiger charge is -2.35. The Hall–Kier alpha value is -2.43. The van der Waals surface area contributed by atoms with Crippen LogP contribution in [-0.4, -0.2) is 84.7 Å². The maximum atomic E-state index is 12.8. The number of carbonyl (C=O) groups is 2.